The van der Waals surface area contributed by atoms with Crippen molar-refractivity contribution in [3.8, 4) is 0 Å². The molecule has 2 unspecified atom stereocenters. The van der Waals surface area contributed by atoms with Crippen LogP contribution >= 0.6 is 0 Å². The summed E-state index contributed by atoms with van der Waals surface area (Å²) < 4.78 is 12.8. The van der Waals surface area contributed by atoms with Crippen LogP contribution in [0.2, 0.25) is 0 Å². The minimum absolute atomic E-state index is 0.0653. The van der Waals surface area contributed by atoms with E-state index in [0.717, 1.165) is 32.2 Å². The molecule has 2 aliphatic rings. The molecule has 2 bridgehead atoms. The van der Waals surface area contributed by atoms with Crippen LogP contribution in [-0.4, -0.2) is 40.5 Å². The Kier molecular flexibility index (Phi) is 3.85. The lowest BCUT2D eigenvalue weighted by atomic mass is 9.99. The molecule has 4 heteroatoms. The summed E-state index contributed by atoms with van der Waals surface area (Å²) in [5.74, 6) is -0.250. The highest BCUT2D eigenvalue weighted by Gasteiger charge is 2.39. The number of hydrogen-bond acceptors (Lipinski definition) is 3. The highest BCUT2D eigenvalue weighted by molar-refractivity contribution is 5.96. The Labute approximate surface area is 118 Å². The van der Waals surface area contributed by atoms with Crippen molar-refractivity contribution in [3.05, 3.63) is 35.6 Å². The molecule has 1 N–H and O–H groups in total. The van der Waals surface area contributed by atoms with Gasteiger partial charge in [0.15, 0.2) is 5.78 Å². The van der Waals surface area contributed by atoms with Gasteiger partial charge in [-0.15, -0.1) is 0 Å². The molecule has 2 atom stereocenters. The van der Waals surface area contributed by atoms with Gasteiger partial charge in [0.05, 0.1) is 6.10 Å². The topological polar surface area (TPSA) is 40.5 Å². The van der Waals surface area contributed by atoms with Crippen molar-refractivity contribution in [2.24, 2.45) is 0 Å². The van der Waals surface area contributed by atoms with Crippen LogP contribution in [0.4, 0.5) is 4.39 Å². The molecule has 20 heavy (non-hydrogen) atoms. The fourth-order valence-electron chi connectivity index (χ4n) is 3.62. The molecule has 2 saturated heterocycles. The van der Waals surface area contributed by atoms with Gasteiger partial charge in [-0.1, -0.05) is 0 Å². The van der Waals surface area contributed by atoms with Crippen molar-refractivity contribution in [3.63, 3.8) is 0 Å². The average Bonchev–Trinajstić information content (AvgIpc) is 2.67. The normalized spacial score (nSPS) is 29.6. The number of aliphatic hydroxyl groups excluding tert-OH is 1. The summed E-state index contributed by atoms with van der Waals surface area (Å²) in [6.07, 6.45) is 4.23. The van der Waals surface area contributed by atoms with Crippen molar-refractivity contribution in [1.29, 1.82) is 0 Å². The highest BCUT2D eigenvalue weighted by Crippen LogP contribution is 2.35. The first-order valence-electron chi connectivity index (χ1n) is 7.36. The standard InChI is InChI=1S/C16H20FNO2/c17-12-3-1-11(2-4-12)16(20)7-8-18-13-5-6-14(18)10-15(19)9-13/h1-4,13-15,19H,5-10H2. The lowest BCUT2D eigenvalue weighted by molar-refractivity contribution is 0.0349. The molecule has 108 valence electrons. The Morgan fingerprint density at radius 3 is 2.40 bits per heavy atom. The Bertz CT molecular complexity index is 474. The SMILES string of the molecule is O=C(CCN1C2CCC1CC(O)C2)c1ccc(F)cc1. The summed E-state index contributed by atoms with van der Waals surface area (Å²) in [6.45, 7) is 0.748. The number of halogens is 1. The van der Waals surface area contributed by atoms with Gasteiger partial charge in [0.1, 0.15) is 5.82 Å². The molecule has 0 aromatic heterocycles. The van der Waals surface area contributed by atoms with Crippen molar-refractivity contribution in [1.82, 2.24) is 4.90 Å². The van der Waals surface area contributed by atoms with E-state index in [9.17, 15) is 14.3 Å². The second-order valence-electron chi connectivity index (χ2n) is 5.93. The second kappa shape index (κ2) is 5.62. The number of carbonyl (C=O) groups excluding carboxylic acids is 1. The van der Waals surface area contributed by atoms with Gasteiger partial charge in [0.25, 0.3) is 0 Å². The number of ketones is 1. The zero-order valence-electron chi connectivity index (χ0n) is 11.5. The van der Waals surface area contributed by atoms with Gasteiger partial charge in [0, 0.05) is 30.6 Å². The van der Waals surface area contributed by atoms with Gasteiger partial charge in [0.2, 0.25) is 0 Å². The fourth-order valence-corrected chi connectivity index (χ4v) is 3.62. The molecule has 2 fully saturated rings. The molecule has 0 amide bonds. The number of hydrogen-bond donors (Lipinski definition) is 1. The lowest BCUT2D eigenvalue weighted by Gasteiger charge is -2.37. The van der Waals surface area contributed by atoms with E-state index in [1.807, 2.05) is 0 Å². The van der Waals surface area contributed by atoms with Crippen molar-refractivity contribution < 1.29 is 14.3 Å². The summed E-state index contributed by atoms with van der Waals surface area (Å²) in [5.41, 5.74) is 0.579. The molecule has 2 heterocycles. The Morgan fingerprint density at radius 2 is 1.80 bits per heavy atom. The van der Waals surface area contributed by atoms with Crippen LogP contribution in [0.1, 0.15) is 42.5 Å². The number of fused-ring (bicyclic) bond motifs is 2. The Balaban J connectivity index is 1.57. The zero-order valence-corrected chi connectivity index (χ0v) is 11.5. The number of aliphatic hydroxyl groups is 1. The quantitative estimate of drug-likeness (QED) is 0.859. The molecule has 0 spiro atoms. The summed E-state index contributed by atoms with van der Waals surface area (Å²) in [6, 6.07) is 6.62. The van der Waals surface area contributed by atoms with Crippen molar-refractivity contribution >= 4 is 5.78 Å². The number of Topliss-reactive ketones (excluding diaryl/α,β-unsaturated/α-hetero) is 1. The first-order chi connectivity index (χ1) is 9.63. The third-order valence-electron chi connectivity index (χ3n) is 4.62. The van der Waals surface area contributed by atoms with Gasteiger partial charge in [-0.3, -0.25) is 9.69 Å². The molecule has 3 nitrogen and oxygen atoms in total. The minimum atomic E-state index is -0.315. The van der Waals surface area contributed by atoms with E-state index in [4.69, 9.17) is 0 Å². The Hall–Kier alpha value is -1.26. The summed E-state index contributed by atoms with van der Waals surface area (Å²) in [5, 5.41) is 9.76. The van der Waals surface area contributed by atoms with E-state index in [2.05, 4.69) is 4.90 Å². The largest absolute Gasteiger partial charge is 0.393 e. The number of piperidine rings is 1. The molecular formula is C16H20FNO2. The third-order valence-corrected chi connectivity index (χ3v) is 4.62. The predicted octanol–water partition coefficient (Wildman–Crippen LogP) is 2.39. The van der Waals surface area contributed by atoms with Crippen LogP contribution < -0.4 is 0 Å². The molecule has 1 aromatic carbocycles. The van der Waals surface area contributed by atoms with Crippen LogP contribution in [0.15, 0.2) is 24.3 Å². The molecule has 0 radical (unpaired) electrons. The number of nitrogens with zero attached hydrogens (tertiary/aromatic N) is 1. The van der Waals surface area contributed by atoms with E-state index in [-0.39, 0.29) is 17.7 Å². The van der Waals surface area contributed by atoms with E-state index in [1.54, 1.807) is 12.1 Å². The van der Waals surface area contributed by atoms with Crippen LogP contribution in [-0.2, 0) is 0 Å². The average molecular weight is 277 g/mol. The van der Waals surface area contributed by atoms with E-state index in [0.29, 0.717) is 24.1 Å². The van der Waals surface area contributed by atoms with E-state index < -0.39 is 0 Å². The summed E-state index contributed by atoms with van der Waals surface area (Å²) in [7, 11) is 0. The van der Waals surface area contributed by atoms with E-state index in [1.165, 1.54) is 12.1 Å². The first kappa shape index (κ1) is 13.7. The van der Waals surface area contributed by atoms with Gasteiger partial charge in [-0.25, -0.2) is 4.39 Å². The number of rotatable bonds is 4. The predicted molar refractivity (Wildman–Crippen MR) is 74.1 cm³/mol. The minimum Gasteiger partial charge on any atom is -0.393 e. The van der Waals surface area contributed by atoms with Crippen LogP contribution in [0.3, 0.4) is 0 Å². The fraction of sp³-hybridized carbons (Fsp3) is 0.562. The van der Waals surface area contributed by atoms with Crippen LogP contribution in [0.5, 0.6) is 0 Å². The number of benzene rings is 1. The molecule has 1 aromatic rings. The highest BCUT2D eigenvalue weighted by atomic mass is 19.1. The van der Waals surface area contributed by atoms with Gasteiger partial charge in [-0.05, 0) is 49.9 Å². The zero-order chi connectivity index (χ0) is 14.1. The Morgan fingerprint density at radius 1 is 1.20 bits per heavy atom. The lowest BCUT2D eigenvalue weighted by Crippen LogP contribution is -2.45. The molecule has 3 rings (SSSR count). The van der Waals surface area contributed by atoms with Crippen molar-refractivity contribution in [2.45, 2.75) is 50.3 Å². The number of carbonyl (C=O) groups is 1. The molecule has 2 aliphatic heterocycles. The first-order valence-corrected chi connectivity index (χ1v) is 7.36. The molecular weight excluding hydrogens is 257 g/mol. The van der Waals surface area contributed by atoms with Gasteiger partial charge in [-0.2, -0.15) is 0 Å². The monoisotopic (exact) mass is 277 g/mol. The molecule has 0 aliphatic carbocycles. The summed E-state index contributed by atoms with van der Waals surface area (Å²) in [4.78, 5) is 14.5. The van der Waals surface area contributed by atoms with Crippen LogP contribution in [0, 0.1) is 5.82 Å². The van der Waals surface area contributed by atoms with Crippen molar-refractivity contribution in [2.75, 3.05) is 6.54 Å². The maximum atomic E-state index is 12.8. The van der Waals surface area contributed by atoms with E-state index >= 15 is 0 Å². The second-order valence-corrected chi connectivity index (χ2v) is 5.93. The van der Waals surface area contributed by atoms with Gasteiger partial charge >= 0.3 is 0 Å². The maximum absolute atomic E-state index is 12.8. The smallest absolute Gasteiger partial charge is 0.164 e. The summed E-state index contributed by atoms with van der Waals surface area (Å²) >= 11 is 0. The molecule has 0 saturated carbocycles. The van der Waals surface area contributed by atoms with Crippen LogP contribution in [0.25, 0.3) is 0 Å². The maximum Gasteiger partial charge on any atom is 0.164 e. The van der Waals surface area contributed by atoms with Gasteiger partial charge < -0.3 is 5.11 Å². The third kappa shape index (κ3) is 2.76.